The number of hydrogen-bond acceptors (Lipinski definition) is 6. The van der Waals surface area contributed by atoms with Crippen molar-refractivity contribution in [1.82, 2.24) is 10.3 Å². The molecule has 1 heterocycles. The Morgan fingerprint density at radius 1 is 1.23 bits per heavy atom. The van der Waals surface area contributed by atoms with E-state index < -0.39 is 10.0 Å². The smallest absolute Gasteiger partial charge is 0.285 e. The Kier molecular flexibility index (Phi) is 8.28. The van der Waals surface area contributed by atoms with Crippen molar-refractivity contribution in [3.05, 3.63) is 56.5 Å². The van der Waals surface area contributed by atoms with Crippen molar-refractivity contribution < 1.29 is 17.9 Å². The van der Waals surface area contributed by atoms with Crippen molar-refractivity contribution in [2.45, 2.75) is 49.5 Å². The van der Waals surface area contributed by atoms with E-state index in [1.165, 1.54) is 17.5 Å². The Labute approximate surface area is 222 Å². The van der Waals surface area contributed by atoms with E-state index in [1.54, 1.807) is 31.5 Å². The second-order valence-corrected chi connectivity index (χ2v) is 11.8. The highest BCUT2D eigenvalue weighted by Gasteiger charge is 2.32. The Hall–Kier alpha value is -2.24. The van der Waals surface area contributed by atoms with Crippen LogP contribution in [0.4, 0.5) is 0 Å². The molecule has 1 aliphatic heterocycles. The van der Waals surface area contributed by atoms with Crippen LogP contribution in [0.25, 0.3) is 0 Å². The monoisotopic (exact) mass is 624 g/mol. The fraction of sp³-hybridized carbons (Fsp3) is 0.375. The lowest BCUT2D eigenvalue weighted by Gasteiger charge is -2.24. The minimum Gasteiger partial charge on any atom is -0.495 e. The van der Waals surface area contributed by atoms with Crippen LogP contribution in [0.5, 0.6) is 5.75 Å². The first-order valence-electron chi connectivity index (χ1n) is 11.4. The van der Waals surface area contributed by atoms with Crippen molar-refractivity contribution in [1.29, 1.82) is 0 Å². The molecule has 11 heteroatoms. The summed E-state index contributed by atoms with van der Waals surface area (Å²) in [6, 6.07) is 10.5. The number of amides is 1. The van der Waals surface area contributed by atoms with Gasteiger partial charge in [0.1, 0.15) is 10.6 Å². The van der Waals surface area contributed by atoms with Crippen LogP contribution >= 0.6 is 31.9 Å². The number of ether oxygens (including phenoxy) is 1. The summed E-state index contributed by atoms with van der Waals surface area (Å²) < 4.78 is 36.3. The van der Waals surface area contributed by atoms with Gasteiger partial charge in [-0.15, -0.1) is 4.40 Å². The summed E-state index contributed by atoms with van der Waals surface area (Å²) in [7, 11) is -2.28. The highest BCUT2D eigenvalue weighted by molar-refractivity contribution is 9.11. The molecule has 35 heavy (non-hydrogen) atoms. The molecule has 0 saturated heterocycles. The molecule has 0 atom stereocenters. The van der Waals surface area contributed by atoms with Crippen LogP contribution < -0.4 is 10.1 Å². The van der Waals surface area contributed by atoms with Gasteiger partial charge in [-0.3, -0.25) is 4.79 Å². The van der Waals surface area contributed by atoms with E-state index in [0.717, 1.165) is 34.6 Å². The van der Waals surface area contributed by atoms with Crippen LogP contribution in [-0.2, 0) is 14.8 Å². The number of benzene rings is 2. The van der Waals surface area contributed by atoms with E-state index in [4.69, 9.17) is 4.74 Å². The molecule has 2 aliphatic rings. The molecule has 1 aliphatic carbocycles. The zero-order chi connectivity index (χ0) is 25.0. The minimum absolute atomic E-state index is 0.0883. The normalized spacial score (nSPS) is 17.2. The zero-order valence-electron chi connectivity index (χ0n) is 19.2. The van der Waals surface area contributed by atoms with E-state index in [1.807, 2.05) is 12.1 Å². The molecule has 1 saturated carbocycles. The molecule has 0 aromatic heterocycles. The summed E-state index contributed by atoms with van der Waals surface area (Å²) >= 11 is 6.94. The molecule has 186 valence electrons. The fourth-order valence-electron chi connectivity index (χ4n) is 4.27. The van der Waals surface area contributed by atoms with Crippen LogP contribution in [0.1, 0.15) is 49.7 Å². The summed E-state index contributed by atoms with van der Waals surface area (Å²) in [6.45, 7) is 0.162. The Morgan fingerprint density at radius 2 is 1.97 bits per heavy atom. The minimum atomic E-state index is -3.84. The highest BCUT2D eigenvalue weighted by atomic mass is 79.9. The molecule has 8 nitrogen and oxygen atoms in total. The lowest BCUT2D eigenvalue weighted by Crippen LogP contribution is -2.38. The number of hydrogen-bond donors (Lipinski definition) is 1. The van der Waals surface area contributed by atoms with Crippen molar-refractivity contribution in [3.63, 3.8) is 0 Å². The van der Waals surface area contributed by atoms with Gasteiger partial charge in [0.2, 0.25) is 5.91 Å². The van der Waals surface area contributed by atoms with Crippen LogP contribution in [0.15, 0.2) is 59.7 Å². The quantitative estimate of drug-likeness (QED) is 0.350. The van der Waals surface area contributed by atoms with Gasteiger partial charge in [-0.2, -0.15) is 13.5 Å². The number of rotatable bonds is 7. The maximum Gasteiger partial charge on any atom is 0.285 e. The molecule has 0 radical (unpaired) electrons. The molecule has 0 unspecified atom stereocenters. The van der Waals surface area contributed by atoms with E-state index >= 15 is 0 Å². The topological polar surface area (TPSA) is 100 Å². The molecule has 1 amide bonds. The van der Waals surface area contributed by atoms with Crippen molar-refractivity contribution in [2.24, 2.45) is 9.50 Å². The third-order valence-corrected chi connectivity index (χ3v) is 8.33. The van der Waals surface area contributed by atoms with E-state index in [-0.39, 0.29) is 35.6 Å². The van der Waals surface area contributed by atoms with Crippen molar-refractivity contribution >= 4 is 59.8 Å². The maximum absolute atomic E-state index is 12.7. The number of nitrogens with zero attached hydrogens (tertiary/aromatic N) is 3. The lowest BCUT2D eigenvalue weighted by molar-refractivity contribution is -0.122. The third-order valence-electron chi connectivity index (χ3n) is 5.96. The molecule has 1 N–H and O–H groups in total. The molecular formula is C24H26Br2N4O4S. The van der Waals surface area contributed by atoms with E-state index in [9.17, 15) is 13.2 Å². The number of hydrazone groups is 1. The SMILES string of the molecule is COc1c(Br)cc(Br)cc1/C=N/N(CCC(=O)NC1CCCCC1)C1=NS(=O)(=O)c2ccccc21. The number of methoxy groups -OCH3 is 1. The summed E-state index contributed by atoms with van der Waals surface area (Å²) in [5, 5.41) is 9.13. The van der Waals surface area contributed by atoms with Crippen LogP contribution in [-0.4, -0.2) is 51.1 Å². The van der Waals surface area contributed by atoms with E-state index in [2.05, 4.69) is 46.7 Å². The van der Waals surface area contributed by atoms with Gasteiger partial charge in [-0.25, -0.2) is 5.01 Å². The first kappa shape index (κ1) is 25.8. The highest BCUT2D eigenvalue weighted by Crippen LogP contribution is 2.32. The summed E-state index contributed by atoms with van der Waals surface area (Å²) in [5.74, 6) is 0.679. The summed E-state index contributed by atoms with van der Waals surface area (Å²) in [6.07, 6.45) is 7.15. The Bertz CT molecular complexity index is 1270. The Morgan fingerprint density at radius 3 is 2.71 bits per heavy atom. The van der Waals surface area contributed by atoms with Gasteiger partial charge in [0, 0.05) is 28.1 Å². The standard InChI is InChI=1S/C24H26Br2N4O4S/c1-34-23-16(13-17(25)14-20(23)26)15-27-30(12-11-22(31)28-18-7-3-2-4-8-18)24-19-9-5-6-10-21(19)35(32,33)29-24/h5-6,9-10,13-15,18H,2-4,7-8,11-12H2,1H3,(H,28,31)/b27-15+. The number of carbonyl (C=O) groups excluding carboxylic acids is 1. The van der Waals surface area contributed by atoms with E-state index in [0.29, 0.717) is 16.9 Å². The Balaban J connectivity index is 1.62. The molecule has 2 aromatic rings. The maximum atomic E-state index is 12.7. The first-order chi connectivity index (χ1) is 16.8. The van der Waals surface area contributed by atoms with Gasteiger partial charge < -0.3 is 10.1 Å². The van der Waals surface area contributed by atoms with Gasteiger partial charge in [0.05, 0.1) is 24.3 Å². The van der Waals surface area contributed by atoms with Crippen LogP contribution in [0, 0.1) is 0 Å². The number of halogens is 2. The van der Waals surface area contributed by atoms with Gasteiger partial charge in [-0.1, -0.05) is 47.3 Å². The predicted molar refractivity (Wildman–Crippen MR) is 142 cm³/mol. The van der Waals surface area contributed by atoms with Crippen molar-refractivity contribution in [3.8, 4) is 5.75 Å². The van der Waals surface area contributed by atoms with Gasteiger partial charge in [0.15, 0.2) is 5.84 Å². The zero-order valence-corrected chi connectivity index (χ0v) is 23.2. The molecule has 4 rings (SSSR count). The van der Waals surface area contributed by atoms with Gasteiger partial charge >= 0.3 is 0 Å². The molecule has 2 aromatic carbocycles. The average molecular weight is 626 g/mol. The van der Waals surface area contributed by atoms with Crippen LogP contribution in [0.3, 0.4) is 0 Å². The van der Waals surface area contributed by atoms with Crippen molar-refractivity contribution in [2.75, 3.05) is 13.7 Å². The third kappa shape index (κ3) is 6.13. The number of amidine groups is 1. The molecule has 0 bridgehead atoms. The predicted octanol–water partition coefficient (Wildman–Crippen LogP) is 4.84. The number of nitrogens with one attached hydrogen (secondary N) is 1. The molecular weight excluding hydrogens is 600 g/mol. The number of carbonyl (C=O) groups is 1. The second-order valence-electron chi connectivity index (χ2n) is 8.42. The fourth-order valence-corrected chi connectivity index (χ4v) is 6.90. The molecule has 1 fully saturated rings. The first-order valence-corrected chi connectivity index (χ1v) is 14.4. The summed E-state index contributed by atoms with van der Waals surface area (Å²) in [4.78, 5) is 12.8. The average Bonchev–Trinajstić information content (AvgIpc) is 3.10. The summed E-state index contributed by atoms with van der Waals surface area (Å²) in [5.41, 5.74) is 1.12. The lowest BCUT2D eigenvalue weighted by atomic mass is 9.95. The molecule has 0 spiro atoms. The van der Waals surface area contributed by atoms with Crippen LogP contribution in [0.2, 0.25) is 0 Å². The number of fused-ring (bicyclic) bond motifs is 1. The largest absolute Gasteiger partial charge is 0.495 e. The van der Waals surface area contributed by atoms with Gasteiger partial charge in [0.25, 0.3) is 10.0 Å². The van der Waals surface area contributed by atoms with Gasteiger partial charge in [-0.05, 0) is 53.0 Å². The number of sulfonamides is 1. The second kappa shape index (κ2) is 11.2.